The summed E-state index contributed by atoms with van der Waals surface area (Å²) in [6, 6.07) is 8.28. The van der Waals surface area contributed by atoms with Crippen molar-refractivity contribution >= 4 is 17.9 Å². The summed E-state index contributed by atoms with van der Waals surface area (Å²) in [6.45, 7) is 7.61. The fourth-order valence-corrected chi connectivity index (χ4v) is 2.40. The molecule has 0 spiro atoms. The van der Waals surface area contributed by atoms with Crippen molar-refractivity contribution < 1.29 is 13.9 Å². The Morgan fingerprint density at radius 1 is 1.26 bits per heavy atom. The Kier molecular flexibility index (Phi) is 5.65. The van der Waals surface area contributed by atoms with Gasteiger partial charge in [0.15, 0.2) is 0 Å². The van der Waals surface area contributed by atoms with Crippen LogP contribution in [0.5, 0.6) is 0 Å². The van der Waals surface area contributed by atoms with Crippen LogP contribution in [0.25, 0.3) is 0 Å². The van der Waals surface area contributed by atoms with E-state index in [-0.39, 0.29) is 6.54 Å². The maximum absolute atomic E-state index is 11.5. The highest BCUT2D eigenvalue weighted by atomic mass is 32.2. The van der Waals surface area contributed by atoms with E-state index >= 15 is 0 Å². The van der Waals surface area contributed by atoms with Crippen LogP contribution in [-0.2, 0) is 17.0 Å². The zero-order valence-corrected chi connectivity index (χ0v) is 14.6. The van der Waals surface area contributed by atoms with Crippen molar-refractivity contribution in [1.29, 1.82) is 0 Å². The van der Waals surface area contributed by atoms with Crippen LogP contribution in [-0.4, -0.2) is 21.9 Å². The first-order valence-electron chi connectivity index (χ1n) is 7.29. The van der Waals surface area contributed by atoms with Gasteiger partial charge in [0.05, 0.1) is 6.54 Å². The Balaban J connectivity index is 1.79. The zero-order valence-electron chi connectivity index (χ0n) is 13.8. The number of carbonyl (C=O) groups excluding carboxylic acids is 1. The Labute approximate surface area is 140 Å². The van der Waals surface area contributed by atoms with Gasteiger partial charge in [-0.3, -0.25) is 0 Å². The normalized spacial score (nSPS) is 11.3. The minimum absolute atomic E-state index is 0.146. The molecule has 2 aromatic rings. The van der Waals surface area contributed by atoms with E-state index in [1.807, 2.05) is 0 Å². The maximum atomic E-state index is 11.5. The van der Waals surface area contributed by atoms with E-state index < -0.39 is 11.7 Å². The molecule has 1 heterocycles. The number of benzene rings is 1. The lowest BCUT2D eigenvalue weighted by Crippen LogP contribution is -2.32. The minimum atomic E-state index is -0.534. The van der Waals surface area contributed by atoms with E-state index in [0.717, 1.165) is 5.75 Å². The van der Waals surface area contributed by atoms with Crippen molar-refractivity contribution in [3.05, 3.63) is 41.3 Å². The molecule has 2 rings (SSSR count). The van der Waals surface area contributed by atoms with Crippen LogP contribution in [0.2, 0.25) is 0 Å². The number of thioether (sulfide) groups is 1. The van der Waals surface area contributed by atoms with Crippen molar-refractivity contribution in [2.24, 2.45) is 0 Å². The van der Waals surface area contributed by atoms with Crippen LogP contribution in [0.4, 0.5) is 4.79 Å². The number of hydrogen-bond donors (Lipinski definition) is 1. The number of rotatable bonds is 5. The summed E-state index contributed by atoms with van der Waals surface area (Å²) >= 11 is 1.46. The maximum Gasteiger partial charge on any atom is 0.408 e. The standard InChI is InChI=1S/C16H21N3O3S/c1-11-5-7-12(8-6-11)10-23-15-19-18-13(21-15)9-17-14(20)22-16(2,3)4/h5-8H,9-10H2,1-4H3,(H,17,20). The predicted octanol–water partition coefficient (Wildman–Crippen LogP) is 3.70. The number of aryl methyl sites for hydroxylation is 1. The molecule has 1 amide bonds. The van der Waals surface area contributed by atoms with Gasteiger partial charge in [-0.1, -0.05) is 41.6 Å². The second-order valence-electron chi connectivity index (χ2n) is 6.09. The van der Waals surface area contributed by atoms with Gasteiger partial charge in [-0.05, 0) is 33.3 Å². The first-order chi connectivity index (χ1) is 10.8. The molecule has 0 bridgehead atoms. The molecule has 124 valence electrons. The van der Waals surface area contributed by atoms with Crippen molar-refractivity contribution in [3.63, 3.8) is 0 Å². The van der Waals surface area contributed by atoms with Crippen molar-refractivity contribution in [2.75, 3.05) is 0 Å². The molecule has 1 N–H and O–H groups in total. The van der Waals surface area contributed by atoms with E-state index in [9.17, 15) is 4.79 Å². The molecule has 1 aromatic carbocycles. The number of ether oxygens (including phenoxy) is 1. The Hall–Kier alpha value is -2.02. The smallest absolute Gasteiger partial charge is 0.408 e. The minimum Gasteiger partial charge on any atom is -0.444 e. The monoisotopic (exact) mass is 335 g/mol. The van der Waals surface area contributed by atoms with E-state index in [0.29, 0.717) is 11.1 Å². The first-order valence-corrected chi connectivity index (χ1v) is 8.28. The van der Waals surface area contributed by atoms with Gasteiger partial charge in [-0.15, -0.1) is 10.2 Å². The Bertz CT molecular complexity index is 647. The molecule has 0 aliphatic heterocycles. The molecule has 0 atom stereocenters. The fourth-order valence-electron chi connectivity index (χ4n) is 1.66. The van der Waals surface area contributed by atoms with Gasteiger partial charge in [0.1, 0.15) is 5.60 Å². The fraction of sp³-hybridized carbons (Fsp3) is 0.438. The highest BCUT2D eigenvalue weighted by Gasteiger charge is 2.16. The highest BCUT2D eigenvalue weighted by molar-refractivity contribution is 7.98. The van der Waals surface area contributed by atoms with Crippen LogP contribution >= 0.6 is 11.8 Å². The molecule has 0 saturated heterocycles. The molecular weight excluding hydrogens is 314 g/mol. The van der Waals surface area contributed by atoms with Gasteiger partial charge >= 0.3 is 6.09 Å². The number of carbonyl (C=O) groups is 1. The van der Waals surface area contributed by atoms with Crippen LogP contribution in [0.1, 0.15) is 37.8 Å². The molecule has 7 heteroatoms. The molecule has 0 fully saturated rings. The largest absolute Gasteiger partial charge is 0.444 e. The van der Waals surface area contributed by atoms with Crippen LogP contribution < -0.4 is 5.32 Å². The summed E-state index contributed by atoms with van der Waals surface area (Å²) in [6.07, 6.45) is -0.510. The van der Waals surface area contributed by atoms with Gasteiger partial charge in [0, 0.05) is 5.75 Å². The van der Waals surface area contributed by atoms with Gasteiger partial charge < -0.3 is 14.5 Å². The Morgan fingerprint density at radius 2 is 1.96 bits per heavy atom. The van der Waals surface area contributed by atoms with Gasteiger partial charge in [0.25, 0.3) is 5.22 Å². The molecule has 23 heavy (non-hydrogen) atoms. The third kappa shape index (κ3) is 6.32. The number of nitrogens with zero attached hydrogens (tertiary/aromatic N) is 2. The second kappa shape index (κ2) is 7.50. The predicted molar refractivity (Wildman–Crippen MR) is 88.1 cm³/mol. The van der Waals surface area contributed by atoms with E-state index in [4.69, 9.17) is 9.15 Å². The SMILES string of the molecule is Cc1ccc(CSc2nnc(CNC(=O)OC(C)(C)C)o2)cc1. The lowest BCUT2D eigenvalue weighted by molar-refractivity contribution is 0.0518. The second-order valence-corrected chi connectivity index (χ2v) is 7.02. The zero-order chi connectivity index (χ0) is 16.9. The molecular formula is C16H21N3O3S. The van der Waals surface area contributed by atoms with Crippen molar-refractivity contribution in [3.8, 4) is 0 Å². The third-order valence-corrected chi connectivity index (χ3v) is 3.60. The summed E-state index contributed by atoms with van der Waals surface area (Å²) < 4.78 is 10.6. The summed E-state index contributed by atoms with van der Waals surface area (Å²) in [7, 11) is 0. The molecule has 0 radical (unpaired) electrons. The molecule has 0 aliphatic rings. The van der Waals surface area contributed by atoms with Crippen molar-refractivity contribution in [1.82, 2.24) is 15.5 Å². The molecule has 1 aromatic heterocycles. The molecule has 6 nitrogen and oxygen atoms in total. The summed E-state index contributed by atoms with van der Waals surface area (Å²) in [5.41, 5.74) is 1.88. The molecule has 0 aliphatic carbocycles. The average molecular weight is 335 g/mol. The van der Waals surface area contributed by atoms with Gasteiger partial charge in [-0.2, -0.15) is 0 Å². The topological polar surface area (TPSA) is 77.2 Å². The lowest BCUT2D eigenvalue weighted by atomic mass is 10.2. The summed E-state index contributed by atoms with van der Waals surface area (Å²) in [5, 5.41) is 10.9. The van der Waals surface area contributed by atoms with Crippen molar-refractivity contribution in [2.45, 2.75) is 50.8 Å². The lowest BCUT2D eigenvalue weighted by Gasteiger charge is -2.19. The van der Waals surface area contributed by atoms with Crippen LogP contribution in [0.3, 0.4) is 0 Å². The third-order valence-electron chi connectivity index (χ3n) is 2.71. The number of nitrogens with one attached hydrogen (secondary N) is 1. The average Bonchev–Trinajstić information content (AvgIpc) is 2.91. The molecule has 0 saturated carbocycles. The number of hydrogen-bond acceptors (Lipinski definition) is 6. The Morgan fingerprint density at radius 3 is 2.61 bits per heavy atom. The van der Waals surface area contributed by atoms with Crippen LogP contribution in [0.15, 0.2) is 33.9 Å². The molecule has 0 unspecified atom stereocenters. The van der Waals surface area contributed by atoms with E-state index in [1.165, 1.54) is 22.9 Å². The van der Waals surface area contributed by atoms with E-state index in [2.05, 4.69) is 46.7 Å². The van der Waals surface area contributed by atoms with Gasteiger partial charge in [-0.25, -0.2) is 4.79 Å². The summed E-state index contributed by atoms with van der Waals surface area (Å²) in [4.78, 5) is 11.5. The number of aromatic nitrogens is 2. The quantitative estimate of drug-likeness (QED) is 0.840. The van der Waals surface area contributed by atoms with Gasteiger partial charge in [0.2, 0.25) is 5.89 Å². The highest BCUT2D eigenvalue weighted by Crippen LogP contribution is 2.21. The van der Waals surface area contributed by atoms with Crippen LogP contribution in [0, 0.1) is 6.92 Å². The van der Waals surface area contributed by atoms with E-state index in [1.54, 1.807) is 20.8 Å². The number of amides is 1. The first kappa shape index (κ1) is 17.3. The number of alkyl carbamates (subject to hydrolysis) is 1. The summed E-state index contributed by atoms with van der Waals surface area (Å²) in [5.74, 6) is 1.10.